The highest BCUT2D eigenvalue weighted by atomic mass is 79.9. The van der Waals surface area contributed by atoms with Gasteiger partial charge in [0.15, 0.2) is 0 Å². The molecule has 2 nitrogen and oxygen atoms in total. The second-order valence-corrected chi connectivity index (χ2v) is 5.24. The quantitative estimate of drug-likeness (QED) is 0.787. The Morgan fingerprint density at radius 3 is 2.88 bits per heavy atom. The van der Waals surface area contributed by atoms with Crippen molar-refractivity contribution in [2.75, 3.05) is 11.4 Å². The van der Waals surface area contributed by atoms with Crippen LogP contribution in [0, 0.1) is 6.92 Å². The number of hydrogen-bond acceptors (Lipinski definition) is 2. The molecule has 1 aromatic rings. The number of nitrogens with zero attached hydrogens (tertiary/aromatic N) is 1. The van der Waals surface area contributed by atoms with Gasteiger partial charge >= 0.3 is 0 Å². The Labute approximate surface area is 105 Å². The van der Waals surface area contributed by atoms with E-state index >= 15 is 0 Å². The van der Waals surface area contributed by atoms with Crippen LogP contribution >= 0.6 is 15.9 Å². The second-order valence-electron chi connectivity index (χ2n) is 4.44. The van der Waals surface area contributed by atoms with Crippen LogP contribution < -0.4 is 4.90 Å². The van der Waals surface area contributed by atoms with Gasteiger partial charge in [-0.05, 0) is 41.4 Å². The maximum atomic E-state index is 11.4. The van der Waals surface area contributed by atoms with Crippen LogP contribution in [0.15, 0.2) is 22.7 Å². The molecule has 0 bridgehead atoms. The predicted molar refractivity (Wildman–Crippen MR) is 69.9 cm³/mol. The van der Waals surface area contributed by atoms with Crippen LogP contribution in [0.2, 0.25) is 0 Å². The Hall–Kier alpha value is -0.830. The van der Waals surface area contributed by atoms with E-state index < -0.39 is 0 Å². The van der Waals surface area contributed by atoms with Gasteiger partial charge < -0.3 is 4.90 Å². The first-order chi connectivity index (χ1) is 7.59. The lowest BCUT2D eigenvalue weighted by atomic mass is 10.0. The van der Waals surface area contributed by atoms with Gasteiger partial charge in [0.05, 0.1) is 5.69 Å². The number of piperidine rings is 1. The zero-order valence-electron chi connectivity index (χ0n) is 9.66. The highest BCUT2D eigenvalue weighted by Crippen LogP contribution is 2.32. The summed E-state index contributed by atoms with van der Waals surface area (Å²) in [5, 5.41) is 0. The smallest absolute Gasteiger partial charge is 0.136 e. The fourth-order valence-corrected chi connectivity index (χ4v) is 2.71. The Kier molecular flexibility index (Phi) is 3.33. The van der Waals surface area contributed by atoms with Crippen molar-refractivity contribution in [1.82, 2.24) is 0 Å². The number of anilines is 1. The Bertz CT molecular complexity index is 416. The molecule has 0 spiro atoms. The molecule has 1 saturated heterocycles. The third-order valence-corrected chi connectivity index (χ3v) is 4.20. The van der Waals surface area contributed by atoms with Gasteiger partial charge in [0.2, 0.25) is 0 Å². The molecule has 1 aliphatic rings. The maximum Gasteiger partial charge on any atom is 0.136 e. The molecule has 2 rings (SSSR count). The lowest BCUT2D eigenvalue weighted by Gasteiger charge is -2.35. The molecule has 1 fully saturated rings. The van der Waals surface area contributed by atoms with E-state index in [1.165, 1.54) is 11.3 Å². The van der Waals surface area contributed by atoms with Gasteiger partial charge in [-0.3, -0.25) is 4.79 Å². The minimum Gasteiger partial charge on any atom is -0.367 e. The van der Waals surface area contributed by atoms with E-state index in [9.17, 15) is 4.79 Å². The molecule has 1 atom stereocenters. The fraction of sp³-hybridized carbons (Fsp3) is 0.462. The summed E-state index contributed by atoms with van der Waals surface area (Å²) in [5.41, 5.74) is 2.45. The predicted octanol–water partition coefficient (Wildman–Crippen LogP) is 3.32. The van der Waals surface area contributed by atoms with Crippen molar-refractivity contribution >= 4 is 27.4 Å². The van der Waals surface area contributed by atoms with Crippen LogP contribution in [0.3, 0.4) is 0 Å². The summed E-state index contributed by atoms with van der Waals surface area (Å²) >= 11 is 3.63. The van der Waals surface area contributed by atoms with E-state index in [2.05, 4.69) is 52.9 Å². The van der Waals surface area contributed by atoms with E-state index in [0.717, 1.165) is 11.0 Å². The van der Waals surface area contributed by atoms with E-state index in [1.807, 2.05) is 0 Å². The van der Waals surface area contributed by atoms with Crippen molar-refractivity contribution < 1.29 is 4.79 Å². The average Bonchev–Trinajstić information content (AvgIpc) is 2.23. The Morgan fingerprint density at radius 1 is 1.44 bits per heavy atom. The number of hydrogen-bond donors (Lipinski definition) is 0. The molecule has 0 aliphatic carbocycles. The van der Waals surface area contributed by atoms with Gasteiger partial charge in [0.1, 0.15) is 5.78 Å². The average molecular weight is 282 g/mol. The number of Topliss-reactive ketones (excluding diaryl/α,β-unsaturated/α-hetero) is 1. The third-order valence-electron chi connectivity index (χ3n) is 3.17. The number of benzene rings is 1. The van der Waals surface area contributed by atoms with Crippen LogP contribution in [0.25, 0.3) is 0 Å². The molecule has 0 radical (unpaired) electrons. The van der Waals surface area contributed by atoms with E-state index in [4.69, 9.17) is 0 Å². The number of ketones is 1. The summed E-state index contributed by atoms with van der Waals surface area (Å²) in [4.78, 5) is 13.7. The standard InChI is InChI=1S/C13H16BrNO/c1-9-4-3-5-12(13(9)14)15-7-6-11(16)8-10(15)2/h3-5,10H,6-8H2,1-2H3. The van der Waals surface area contributed by atoms with Crippen molar-refractivity contribution in [3.63, 3.8) is 0 Å². The number of carbonyl (C=O) groups is 1. The molecule has 0 N–H and O–H groups in total. The summed E-state index contributed by atoms with van der Waals surface area (Å²) in [6.07, 6.45) is 1.34. The molecule has 3 heteroatoms. The molecule has 1 aromatic carbocycles. The van der Waals surface area contributed by atoms with E-state index in [1.54, 1.807) is 0 Å². The minimum absolute atomic E-state index is 0.305. The molecular formula is C13H16BrNO. The van der Waals surface area contributed by atoms with Crippen LogP contribution in [0.4, 0.5) is 5.69 Å². The summed E-state index contributed by atoms with van der Waals surface area (Å²) < 4.78 is 1.15. The van der Waals surface area contributed by atoms with Crippen LogP contribution in [0.1, 0.15) is 25.3 Å². The van der Waals surface area contributed by atoms with Crippen molar-refractivity contribution in [1.29, 1.82) is 0 Å². The SMILES string of the molecule is Cc1cccc(N2CCC(=O)CC2C)c1Br. The topological polar surface area (TPSA) is 20.3 Å². The van der Waals surface area contributed by atoms with Gasteiger partial charge in [-0.25, -0.2) is 0 Å². The van der Waals surface area contributed by atoms with Gasteiger partial charge in [-0.15, -0.1) is 0 Å². The first-order valence-electron chi connectivity index (χ1n) is 5.63. The summed E-state index contributed by atoms with van der Waals surface area (Å²) in [6, 6.07) is 6.58. The van der Waals surface area contributed by atoms with Crippen molar-refractivity contribution in [2.45, 2.75) is 32.7 Å². The van der Waals surface area contributed by atoms with Crippen LogP contribution in [-0.4, -0.2) is 18.4 Å². The zero-order valence-corrected chi connectivity index (χ0v) is 11.3. The van der Waals surface area contributed by atoms with E-state index in [0.29, 0.717) is 24.7 Å². The van der Waals surface area contributed by atoms with Gasteiger partial charge in [-0.1, -0.05) is 12.1 Å². The number of rotatable bonds is 1. The molecule has 1 aliphatic heterocycles. The molecule has 0 aromatic heterocycles. The summed E-state index contributed by atoms with van der Waals surface area (Å²) in [7, 11) is 0. The third kappa shape index (κ3) is 2.14. The van der Waals surface area contributed by atoms with Crippen LogP contribution in [-0.2, 0) is 4.79 Å². The lowest BCUT2D eigenvalue weighted by Crippen LogP contribution is -2.41. The normalized spacial score (nSPS) is 21.3. The number of aryl methyl sites for hydroxylation is 1. The first kappa shape index (κ1) is 11.6. The fourth-order valence-electron chi connectivity index (χ4n) is 2.22. The summed E-state index contributed by atoms with van der Waals surface area (Å²) in [6.45, 7) is 5.04. The molecule has 0 saturated carbocycles. The summed E-state index contributed by atoms with van der Waals surface area (Å²) in [5.74, 6) is 0.382. The molecule has 0 amide bonds. The highest BCUT2D eigenvalue weighted by molar-refractivity contribution is 9.10. The molecule has 1 heterocycles. The van der Waals surface area contributed by atoms with Gasteiger partial charge in [0, 0.05) is 29.9 Å². The number of halogens is 1. The Balaban J connectivity index is 2.30. The monoisotopic (exact) mass is 281 g/mol. The molecule has 86 valence electrons. The van der Waals surface area contributed by atoms with Crippen LogP contribution in [0.5, 0.6) is 0 Å². The van der Waals surface area contributed by atoms with E-state index in [-0.39, 0.29) is 0 Å². The van der Waals surface area contributed by atoms with Gasteiger partial charge in [-0.2, -0.15) is 0 Å². The lowest BCUT2D eigenvalue weighted by molar-refractivity contribution is -0.120. The zero-order chi connectivity index (χ0) is 11.7. The van der Waals surface area contributed by atoms with Crippen molar-refractivity contribution in [2.24, 2.45) is 0 Å². The van der Waals surface area contributed by atoms with Gasteiger partial charge in [0.25, 0.3) is 0 Å². The largest absolute Gasteiger partial charge is 0.367 e. The second kappa shape index (κ2) is 4.58. The Morgan fingerprint density at radius 2 is 2.19 bits per heavy atom. The minimum atomic E-state index is 0.305. The molecular weight excluding hydrogens is 266 g/mol. The highest BCUT2D eigenvalue weighted by Gasteiger charge is 2.24. The number of carbonyl (C=O) groups excluding carboxylic acids is 1. The molecule has 16 heavy (non-hydrogen) atoms. The molecule has 1 unspecified atom stereocenters. The van der Waals surface area contributed by atoms with Crippen molar-refractivity contribution in [3.8, 4) is 0 Å². The van der Waals surface area contributed by atoms with Crippen molar-refractivity contribution in [3.05, 3.63) is 28.2 Å². The first-order valence-corrected chi connectivity index (χ1v) is 6.42. The maximum absolute atomic E-state index is 11.4.